The highest BCUT2D eigenvalue weighted by molar-refractivity contribution is 6.29. The fraction of sp³-hybridized carbons (Fsp3) is 0.0909. The molecule has 0 bridgehead atoms. The first-order valence-corrected chi connectivity index (χ1v) is 5.53. The predicted octanol–water partition coefficient (Wildman–Crippen LogP) is 2.29. The summed E-state index contributed by atoms with van der Waals surface area (Å²) in [5.41, 5.74) is 1.10. The van der Waals surface area contributed by atoms with Crippen molar-refractivity contribution in [3.8, 4) is 11.5 Å². The van der Waals surface area contributed by atoms with E-state index in [0.29, 0.717) is 28.1 Å². The number of rotatable bonds is 1. The second-order valence-electron chi connectivity index (χ2n) is 3.70. The lowest BCUT2D eigenvalue weighted by atomic mass is 10.3. The van der Waals surface area contributed by atoms with E-state index >= 15 is 0 Å². The third-order valence-corrected chi connectivity index (χ3v) is 2.68. The molecule has 0 saturated heterocycles. The molecule has 90 valence electrons. The minimum atomic E-state index is -0.398. The van der Waals surface area contributed by atoms with E-state index in [0.717, 1.165) is 6.20 Å². The van der Waals surface area contributed by atoms with Gasteiger partial charge in [-0.25, -0.2) is 14.4 Å². The fourth-order valence-electron chi connectivity index (χ4n) is 1.73. The third-order valence-electron chi connectivity index (χ3n) is 2.48. The Morgan fingerprint density at radius 2 is 2.11 bits per heavy atom. The maximum atomic E-state index is 12.8. The van der Waals surface area contributed by atoms with Crippen molar-refractivity contribution in [2.45, 2.75) is 6.92 Å². The molecule has 0 aliphatic heterocycles. The van der Waals surface area contributed by atoms with Gasteiger partial charge >= 0.3 is 0 Å². The van der Waals surface area contributed by atoms with Crippen LogP contribution in [0.15, 0.2) is 24.4 Å². The number of halogens is 2. The Morgan fingerprint density at radius 1 is 1.28 bits per heavy atom. The molecule has 0 aliphatic rings. The van der Waals surface area contributed by atoms with Gasteiger partial charge in [0.05, 0.1) is 6.20 Å². The predicted molar refractivity (Wildman–Crippen MR) is 63.7 cm³/mol. The van der Waals surface area contributed by atoms with Crippen molar-refractivity contribution in [1.82, 2.24) is 24.6 Å². The summed E-state index contributed by atoms with van der Waals surface area (Å²) in [5.74, 6) is 0.751. The smallest absolute Gasteiger partial charge is 0.188 e. The van der Waals surface area contributed by atoms with Crippen LogP contribution in [0.3, 0.4) is 0 Å². The topological polar surface area (TPSA) is 56.0 Å². The number of hydrogen-bond donors (Lipinski definition) is 0. The minimum absolute atomic E-state index is 0.353. The highest BCUT2D eigenvalue weighted by Gasteiger charge is 2.12. The molecule has 0 radical (unpaired) electrons. The second kappa shape index (κ2) is 3.99. The molecule has 5 nitrogen and oxygen atoms in total. The number of aryl methyl sites for hydroxylation is 1. The number of nitrogens with zero attached hydrogens (tertiary/aromatic N) is 5. The lowest BCUT2D eigenvalue weighted by Gasteiger charge is -2.02. The van der Waals surface area contributed by atoms with E-state index in [1.165, 1.54) is 6.07 Å². The van der Waals surface area contributed by atoms with E-state index in [2.05, 4.69) is 20.2 Å². The average molecular weight is 264 g/mol. The molecule has 0 aliphatic carbocycles. The summed E-state index contributed by atoms with van der Waals surface area (Å²) in [4.78, 5) is 8.10. The van der Waals surface area contributed by atoms with Crippen molar-refractivity contribution in [2.75, 3.05) is 0 Å². The van der Waals surface area contributed by atoms with Crippen molar-refractivity contribution in [2.24, 2.45) is 0 Å². The van der Waals surface area contributed by atoms with Gasteiger partial charge in [0.25, 0.3) is 0 Å². The van der Waals surface area contributed by atoms with E-state index < -0.39 is 5.82 Å². The average Bonchev–Trinajstić information content (AvgIpc) is 2.74. The molecule has 0 aromatic carbocycles. The zero-order valence-corrected chi connectivity index (χ0v) is 10.1. The van der Waals surface area contributed by atoms with Crippen LogP contribution in [0.1, 0.15) is 5.82 Å². The quantitative estimate of drug-likeness (QED) is 0.632. The van der Waals surface area contributed by atoms with Gasteiger partial charge in [0.15, 0.2) is 11.5 Å². The van der Waals surface area contributed by atoms with E-state index in [4.69, 9.17) is 11.6 Å². The maximum Gasteiger partial charge on any atom is 0.188 e. The van der Waals surface area contributed by atoms with E-state index in [1.807, 2.05) is 0 Å². The standard InChI is InChI=1S/C11H7ClFN5/c1-6-15-9(12)4-10-16-17-11(18(6)10)8-3-2-7(13)5-14-8/h2-5H,1H3. The largest absolute Gasteiger partial charge is 0.261 e. The highest BCUT2D eigenvalue weighted by Crippen LogP contribution is 2.19. The summed E-state index contributed by atoms with van der Waals surface area (Å²) in [7, 11) is 0. The summed E-state index contributed by atoms with van der Waals surface area (Å²) in [6.45, 7) is 1.79. The van der Waals surface area contributed by atoms with Crippen LogP contribution in [0.25, 0.3) is 17.2 Å². The Hall–Kier alpha value is -2.08. The van der Waals surface area contributed by atoms with Gasteiger partial charge in [0.1, 0.15) is 22.5 Å². The van der Waals surface area contributed by atoms with E-state index in [-0.39, 0.29) is 0 Å². The van der Waals surface area contributed by atoms with Crippen LogP contribution in [0.2, 0.25) is 5.15 Å². The van der Waals surface area contributed by atoms with Gasteiger partial charge in [-0.05, 0) is 19.1 Å². The van der Waals surface area contributed by atoms with Crippen molar-refractivity contribution in [1.29, 1.82) is 0 Å². The molecule has 0 atom stereocenters. The molecule has 3 aromatic heterocycles. The molecule has 3 heterocycles. The van der Waals surface area contributed by atoms with Gasteiger partial charge < -0.3 is 0 Å². The van der Waals surface area contributed by atoms with Gasteiger partial charge in [-0.1, -0.05) is 11.6 Å². The van der Waals surface area contributed by atoms with E-state index in [9.17, 15) is 4.39 Å². The van der Waals surface area contributed by atoms with Crippen molar-refractivity contribution in [3.05, 3.63) is 41.2 Å². The third kappa shape index (κ3) is 1.70. The first-order valence-electron chi connectivity index (χ1n) is 5.15. The Labute approximate surface area is 106 Å². The molecule has 3 rings (SSSR count). The molecule has 0 fully saturated rings. The minimum Gasteiger partial charge on any atom is -0.261 e. The van der Waals surface area contributed by atoms with Crippen molar-refractivity contribution in [3.63, 3.8) is 0 Å². The number of hydrogen-bond acceptors (Lipinski definition) is 4. The highest BCUT2D eigenvalue weighted by atomic mass is 35.5. The zero-order chi connectivity index (χ0) is 12.7. The Balaban J connectivity index is 2.27. The summed E-state index contributed by atoms with van der Waals surface area (Å²) in [5, 5.41) is 8.37. The van der Waals surface area contributed by atoms with Crippen LogP contribution in [-0.4, -0.2) is 24.6 Å². The second-order valence-corrected chi connectivity index (χ2v) is 4.09. The molecule has 0 saturated carbocycles. The molecule has 0 amide bonds. The van der Waals surface area contributed by atoms with Gasteiger partial charge in [0.2, 0.25) is 0 Å². The number of aromatic nitrogens is 5. The van der Waals surface area contributed by atoms with Crippen molar-refractivity contribution >= 4 is 17.2 Å². The van der Waals surface area contributed by atoms with Crippen LogP contribution in [0.4, 0.5) is 4.39 Å². The van der Waals surface area contributed by atoms with Gasteiger partial charge in [-0.15, -0.1) is 10.2 Å². The first-order chi connectivity index (χ1) is 8.65. The molecule has 0 N–H and O–H groups in total. The maximum absolute atomic E-state index is 12.8. The number of fused-ring (bicyclic) bond motifs is 1. The fourth-order valence-corrected chi connectivity index (χ4v) is 1.95. The van der Waals surface area contributed by atoms with Crippen LogP contribution in [-0.2, 0) is 0 Å². The monoisotopic (exact) mass is 263 g/mol. The lowest BCUT2D eigenvalue weighted by molar-refractivity contribution is 0.621. The lowest BCUT2D eigenvalue weighted by Crippen LogP contribution is -1.99. The number of pyridine rings is 1. The van der Waals surface area contributed by atoms with Crippen LogP contribution in [0, 0.1) is 12.7 Å². The molecular weight excluding hydrogens is 257 g/mol. The normalized spacial score (nSPS) is 11.1. The Kier molecular flexibility index (Phi) is 2.45. The van der Waals surface area contributed by atoms with Gasteiger partial charge in [-0.3, -0.25) is 4.40 Å². The summed E-state index contributed by atoms with van der Waals surface area (Å²) in [6.07, 6.45) is 1.13. The van der Waals surface area contributed by atoms with E-state index in [1.54, 1.807) is 23.5 Å². The summed E-state index contributed by atoms with van der Waals surface area (Å²) >= 11 is 5.84. The van der Waals surface area contributed by atoms with Crippen molar-refractivity contribution < 1.29 is 4.39 Å². The van der Waals surface area contributed by atoms with Crippen LogP contribution < -0.4 is 0 Å². The summed E-state index contributed by atoms with van der Waals surface area (Å²) < 4.78 is 14.6. The van der Waals surface area contributed by atoms with Gasteiger partial charge in [0, 0.05) is 6.07 Å². The molecule has 7 heteroatoms. The molecular formula is C11H7ClFN5. The Morgan fingerprint density at radius 3 is 2.83 bits per heavy atom. The molecule has 0 spiro atoms. The summed E-state index contributed by atoms with van der Waals surface area (Å²) in [6, 6.07) is 4.47. The van der Waals surface area contributed by atoms with Gasteiger partial charge in [-0.2, -0.15) is 0 Å². The SMILES string of the molecule is Cc1nc(Cl)cc2nnc(-c3ccc(F)cn3)n12. The van der Waals surface area contributed by atoms with Crippen LogP contribution >= 0.6 is 11.6 Å². The molecule has 3 aromatic rings. The molecule has 0 unspecified atom stereocenters. The Bertz CT molecular complexity index is 722. The van der Waals surface area contributed by atoms with Crippen LogP contribution in [0.5, 0.6) is 0 Å². The zero-order valence-electron chi connectivity index (χ0n) is 9.30. The molecule has 18 heavy (non-hydrogen) atoms. The first kappa shape index (κ1) is 11.0.